The zero-order valence-electron chi connectivity index (χ0n) is 21.8. The van der Waals surface area contributed by atoms with E-state index in [0.717, 1.165) is 12.0 Å². The van der Waals surface area contributed by atoms with Crippen molar-refractivity contribution in [2.45, 2.75) is 56.4 Å². The second-order valence-corrected chi connectivity index (χ2v) is 10.4. The monoisotopic (exact) mass is 509 g/mol. The third kappa shape index (κ3) is 4.97. The number of carbonyl (C=O) groups is 3. The van der Waals surface area contributed by atoms with Gasteiger partial charge in [-0.2, -0.15) is 0 Å². The third-order valence-corrected chi connectivity index (χ3v) is 8.03. The molecule has 3 aliphatic rings. The number of rotatable bonds is 13. The van der Waals surface area contributed by atoms with E-state index >= 15 is 0 Å². The van der Waals surface area contributed by atoms with E-state index in [1.807, 2.05) is 30.3 Å². The highest BCUT2D eigenvalue weighted by Gasteiger charge is 2.74. The van der Waals surface area contributed by atoms with Crippen molar-refractivity contribution in [2.75, 3.05) is 33.3 Å². The standard InChI is InChI=1S/C29H39N3O5/c1-4-16-30(3)26(34)23-22-14-15-29(37-22)24(23)27(35)32(18-10-7-11-19-33)25(29)28(36)31(17-5-2)20-21-12-8-6-9-13-21/h4-6,8-9,12-13,22-25,33H,1-2,7,10-11,14-20H2,3H3/t22-,23+,24-,25?,29?/m0/s1. The Labute approximate surface area is 219 Å². The molecule has 200 valence electrons. The zero-order chi connectivity index (χ0) is 26.6. The molecule has 0 aromatic heterocycles. The number of ether oxygens (including phenoxy) is 1. The van der Waals surface area contributed by atoms with Crippen LogP contribution >= 0.6 is 0 Å². The molecule has 3 heterocycles. The zero-order valence-corrected chi connectivity index (χ0v) is 21.8. The minimum atomic E-state index is -1.01. The number of hydrogen-bond acceptors (Lipinski definition) is 5. The normalized spacial score (nSPS) is 27.7. The van der Waals surface area contributed by atoms with Gasteiger partial charge >= 0.3 is 0 Å². The van der Waals surface area contributed by atoms with Gasteiger partial charge in [0.1, 0.15) is 11.6 Å². The maximum Gasteiger partial charge on any atom is 0.248 e. The second kappa shape index (κ2) is 11.6. The van der Waals surface area contributed by atoms with Crippen LogP contribution in [0.3, 0.4) is 0 Å². The van der Waals surface area contributed by atoms with Crippen LogP contribution in [0.5, 0.6) is 0 Å². The maximum atomic E-state index is 14.3. The van der Waals surface area contributed by atoms with Gasteiger partial charge in [0.25, 0.3) is 0 Å². The summed E-state index contributed by atoms with van der Waals surface area (Å²) < 4.78 is 6.54. The average molecular weight is 510 g/mol. The molecule has 37 heavy (non-hydrogen) atoms. The molecular formula is C29H39N3O5. The van der Waals surface area contributed by atoms with Crippen LogP contribution in [0.4, 0.5) is 0 Å². The summed E-state index contributed by atoms with van der Waals surface area (Å²) in [5, 5.41) is 9.21. The lowest BCUT2D eigenvalue weighted by Gasteiger charge is -2.37. The number of fused-ring (bicyclic) bond motifs is 1. The van der Waals surface area contributed by atoms with Crippen molar-refractivity contribution in [3.8, 4) is 0 Å². The highest BCUT2D eigenvalue weighted by atomic mass is 16.5. The predicted octanol–water partition coefficient (Wildman–Crippen LogP) is 2.38. The van der Waals surface area contributed by atoms with E-state index in [0.29, 0.717) is 51.9 Å². The number of nitrogens with zero attached hydrogens (tertiary/aromatic N) is 3. The molecule has 0 radical (unpaired) electrons. The van der Waals surface area contributed by atoms with Gasteiger partial charge in [0, 0.05) is 39.8 Å². The van der Waals surface area contributed by atoms with Crippen molar-refractivity contribution in [3.05, 3.63) is 61.2 Å². The Hall–Kier alpha value is -2.97. The molecule has 2 bridgehead atoms. The van der Waals surface area contributed by atoms with Crippen molar-refractivity contribution in [3.63, 3.8) is 0 Å². The Bertz CT molecular complexity index is 1010. The lowest BCUT2D eigenvalue weighted by Crippen LogP contribution is -2.56. The number of amides is 3. The first-order valence-corrected chi connectivity index (χ1v) is 13.3. The molecular weight excluding hydrogens is 470 g/mol. The fourth-order valence-electron chi connectivity index (χ4n) is 6.43. The van der Waals surface area contributed by atoms with Crippen molar-refractivity contribution < 1.29 is 24.2 Å². The van der Waals surface area contributed by atoms with Crippen molar-refractivity contribution in [1.29, 1.82) is 0 Å². The van der Waals surface area contributed by atoms with Gasteiger partial charge in [0.05, 0.1) is 17.9 Å². The van der Waals surface area contributed by atoms with Crippen LogP contribution < -0.4 is 0 Å². The molecule has 4 rings (SSSR count). The van der Waals surface area contributed by atoms with E-state index in [4.69, 9.17) is 4.74 Å². The van der Waals surface area contributed by atoms with Gasteiger partial charge in [-0.05, 0) is 37.7 Å². The number of carbonyl (C=O) groups excluding carboxylic acids is 3. The van der Waals surface area contributed by atoms with E-state index in [9.17, 15) is 19.5 Å². The van der Waals surface area contributed by atoms with Crippen LogP contribution in [0.25, 0.3) is 0 Å². The predicted molar refractivity (Wildman–Crippen MR) is 140 cm³/mol. The fraction of sp³-hybridized carbons (Fsp3) is 0.552. The Balaban J connectivity index is 1.68. The molecule has 1 aromatic carbocycles. The summed E-state index contributed by atoms with van der Waals surface area (Å²) in [5.41, 5.74) is -0.0253. The summed E-state index contributed by atoms with van der Waals surface area (Å²) in [6.45, 7) is 9.17. The van der Waals surface area contributed by atoms with E-state index in [2.05, 4.69) is 13.2 Å². The Kier molecular flexibility index (Phi) is 8.49. The first-order valence-electron chi connectivity index (χ1n) is 13.3. The lowest BCUT2D eigenvalue weighted by atomic mass is 9.70. The van der Waals surface area contributed by atoms with Gasteiger partial charge in [-0.1, -0.05) is 42.5 Å². The van der Waals surface area contributed by atoms with Gasteiger partial charge in [0.15, 0.2) is 0 Å². The van der Waals surface area contributed by atoms with Crippen LogP contribution in [0.1, 0.15) is 37.7 Å². The van der Waals surface area contributed by atoms with Gasteiger partial charge in [-0.15, -0.1) is 13.2 Å². The summed E-state index contributed by atoms with van der Waals surface area (Å²) in [7, 11) is 1.71. The summed E-state index contributed by atoms with van der Waals surface area (Å²) in [4.78, 5) is 46.7. The molecule has 8 nitrogen and oxygen atoms in total. The van der Waals surface area contributed by atoms with E-state index in [1.165, 1.54) is 0 Å². The van der Waals surface area contributed by atoms with Gasteiger partial charge < -0.3 is 24.5 Å². The van der Waals surface area contributed by atoms with E-state index < -0.39 is 23.5 Å². The molecule has 3 saturated heterocycles. The Morgan fingerprint density at radius 1 is 1.14 bits per heavy atom. The van der Waals surface area contributed by atoms with Crippen LogP contribution in [-0.2, 0) is 25.7 Å². The van der Waals surface area contributed by atoms with Gasteiger partial charge in [-0.25, -0.2) is 0 Å². The molecule has 1 aromatic rings. The van der Waals surface area contributed by atoms with Gasteiger partial charge in [-0.3, -0.25) is 14.4 Å². The number of benzene rings is 1. The fourth-order valence-corrected chi connectivity index (χ4v) is 6.43. The van der Waals surface area contributed by atoms with Crippen molar-refractivity contribution in [2.24, 2.45) is 11.8 Å². The quantitative estimate of drug-likeness (QED) is 0.326. The first kappa shape index (κ1) is 27.1. The number of likely N-dealkylation sites (N-methyl/N-ethyl adjacent to an activating group) is 1. The number of aliphatic hydroxyl groups is 1. The molecule has 3 amide bonds. The van der Waals surface area contributed by atoms with Crippen LogP contribution in [0.2, 0.25) is 0 Å². The Morgan fingerprint density at radius 2 is 1.86 bits per heavy atom. The average Bonchev–Trinajstić information content (AvgIpc) is 3.54. The molecule has 1 N–H and O–H groups in total. The van der Waals surface area contributed by atoms with Crippen LogP contribution in [-0.4, -0.2) is 88.6 Å². The minimum Gasteiger partial charge on any atom is -0.396 e. The molecule has 3 fully saturated rings. The third-order valence-electron chi connectivity index (χ3n) is 8.03. The van der Waals surface area contributed by atoms with E-state index in [-0.39, 0.29) is 30.4 Å². The highest BCUT2D eigenvalue weighted by molar-refractivity contribution is 5.99. The molecule has 3 aliphatic heterocycles. The molecule has 5 atom stereocenters. The number of hydrogen-bond donors (Lipinski definition) is 1. The summed E-state index contributed by atoms with van der Waals surface area (Å²) in [5.74, 6) is -1.76. The molecule has 8 heteroatoms. The topological polar surface area (TPSA) is 90.4 Å². The van der Waals surface area contributed by atoms with Crippen molar-refractivity contribution in [1.82, 2.24) is 14.7 Å². The summed E-state index contributed by atoms with van der Waals surface area (Å²) >= 11 is 0. The van der Waals surface area contributed by atoms with Crippen LogP contribution in [0, 0.1) is 11.8 Å². The first-order chi connectivity index (χ1) is 17.9. The van der Waals surface area contributed by atoms with Crippen molar-refractivity contribution >= 4 is 17.7 Å². The molecule has 1 spiro atoms. The highest BCUT2D eigenvalue weighted by Crippen LogP contribution is 2.59. The van der Waals surface area contributed by atoms with Gasteiger partial charge in [0.2, 0.25) is 17.7 Å². The summed E-state index contributed by atoms with van der Waals surface area (Å²) in [6, 6.07) is 8.95. The molecule has 0 saturated carbocycles. The molecule has 2 unspecified atom stereocenters. The lowest BCUT2D eigenvalue weighted by molar-refractivity contribution is -0.149. The minimum absolute atomic E-state index is 0.0874. The Morgan fingerprint density at radius 3 is 2.54 bits per heavy atom. The number of aliphatic hydroxyl groups excluding tert-OH is 1. The molecule has 0 aliphatic carbocycles. The van der Waals surface area contributed by atoms with Crippen LogP contribution in [0.15, 0.2) is 55.6 Å². The largest absolute Gasteiger partial charge is 0.396 e. The van der Waals surface area contributed by atoms with E-state index in [1.54, 1.807) is 33.9 Å². The SMILES string of the molecule is C=CCN(C)C(=O)[C@@H]1[C@@H]2CCC3(O2)C(C(=O)N(CC=C)Cc2ccccc2)N(CCCCCO)C(=O)[C@H]13. The number of likely N-dealkylation sites (tertiary alicyclic amines) is 1. The smallest absolute Gasteiger partial charge is 0.248 e. The second-order valence-electron chi connectivity index (χ2n) is 10.4. The maximum absolute atomic E-state index is 14.3. The number of unbranched alkanes of at least 4 members (excludes halogenated alkanes) is 2. The summed E-state index contributed by atoms with van der Waals surface area (Å²) in [6.07, 6.45) is 6.24.